The van der Waals surface area contributed by atoms with E-state index in [2.05, 4.69) is 5.32 Å². The number of carboxylic acids is 1. The topological polar surface area (TPSA) is 49.3 Å². The monoisotopic (exact) mass is 209 g/mol. The molecule has 1 aromatic rings. The van der Waals surface area contributed by atoms with Gasteiger partial charge in [0.25, 0.3) is 0 Å². The summed E-state index contributed by atoms with van der Waals surface area (Å²) >= 11 is 1.71. The molecule has 1 unspecified atom stereocenters. The van der Waals surface area contributed by atoms with Crippen molar-refractivity contribution in [1.29, 1.82) is 0 Å². The van der Waals surface area contributed by atoms with Crippen LogP contribution in [-0.2, 0) is 4.79 Å². The first-order valence-electron chi connectivity index (χ1n) is 4.46. The van der Waals surface area contributed by atoms with Crippen molar-refractivity contribution in [1.82, 2.24) is 0 Å². The van der Waals surface area contributed by atoms with E-state index in [1.165, 1.54) is 4.90 Å². The van der Waals surface area contributed by atoms with Crippen LogP contribution in [0.15, 0.2) is 29.2 Å². The molecule has 0 saturated carbocycles. The average Bonchev–Trinajstić information content (AvgIpc) is 2.17. The molecule has 4 heteroatoms. The Kier molecular flexibility index (Phi) is 2.63. The number of nitrogens with one attached hydrogen (secondary N) is 1. The number of anilines is 1. The van der Waals surface area contributed by atoms with Gasteiger partial charge in [0, 0.05) is 22.4 Å². The summed E-state index contributed by atoms with van der Waals surface area (Å²) in [5.74, 6) is 0.0750. The lowest BCUT2D eigenvalue weighted by atomic mass is 10.2. The molecule has 1 atom stereocenters. The zero-order chi connectivity index (χ0) is 9.97. The van der Waals surface area contributed by atoms with Crippen molar-refractivity contribution in [3.8, 4) is 0 Å². The van der Waals surface area contributed by atoms with Crippen LogP contribution >= 0.6 is 11.8 Å². The third-order valence-electron chi connectivity index (χ3n) is 2.11. The molecule has 0 spiro atoms. The van der Waals surface area contributed by atoms with Gasteiger partial charge in [-0.25, -0.2) is 0 Å². The first-order valence-corrected chi connectivity index (χ1v) is 5.44. The van der Waals surface area contributed by atoms with Gasteiger partial charge in [-0.3, -0.25) is 4.79 Å². The third-order valence-corrected chi connectivity index (χ3v) is 3.34. The van der Waals surface area contributed by atoms with Gasteiger partial charge in [0.1, 0.15) is 0 Å². The minimum Gasteiger partial charge on any atom is -0.481 e. The highest BCUT2D eigenvalue weighted by Gasteiger charge is 2.19. The number of para-hydroxylation sites is 1. The predicted octanol–water partition coefficient (Wildman–Crippen LogP) is 2.05. The van der Waals surface area contributed by atoms with Crippen LogP contribution in [0.25, 0.3) is 0 Å². The van der Waals surface area contributed by atoms with Crippen LogP contribution in [0.2, 0.25) is 0 Å². The van der Waals surface area contributed by atoms with E-state index in [0.717, 1.165) is 11.4 Å². The van der Waals surface area contributed by atoms with E-state index in [-0.39, 0.29) is 12.5 Å². The molecule has 1 aliphatic rings. The van der Waals surface area contributed by atoms with Gasteiger partial charge in [-0.05, 0) is 12.1 Å². The number of thioether (sulfide) groups is 1. The fourth-order valence-electron chi connectivity index (χ4n) is 1.48. The summed E-state index contributed by atoms with van der Waals surface area (Å²) in [6, 6.07) is 8.02. The SMILES string of the molecule is O=C(O)CC1CSc2ccccc2N1. The molecule has 14 heavy (non-hydrogen) atoms. The molecule has 0 bridgehead atoms. The molecule has 0 amide bonds. The lowest BCUT2D eigenvalue weighted by Crippen LogP contribution is -2.28. The molecule has 0 fully saturated rings. The average molecular weight is 209 g/mol. The molecule has 0 aliphatic carbocycles. The van der Waals surface area contributed by atoms with E-state index in [9.17, 15) is 4.79 Å². The Morgan fingerprint density at radius 1 is 1.57 bits per heavy atom. The van der Waals surface area contributed by atoms with Crippen LogP contribution in [0.1, 0.15) is 6.42 Å². The molecule has 1 aromatic carbocycles. The molecule has 2 rings (SSSR count). The molecule has 0 radical (unpaired) electrons. The van der Waals surface area contributed by atoms with Crippen molar-refractivity contribution in [2.45, 2.75) is 17.4 Å². The molecule has 74 valence electrons. The Bertz CT molecular complexity index is 354. The first-order chi connectivity index (χ1) is 6.75. The quantitative estimate of drug-likeness (QED) is 0.782. The lowest BCUT2D eigenvalue weighted by Gasteiger charge is -2.25. The Hall–Kier alpha value is -1.16. The highest BCUT2D eigenvalue weighted by molar-refractivity contribution is 7.99. The van der Waals surface area contributed by atoms with E-state index in [4.69, 9.17) is 5.11 Å². The van der Waals surface area contributed by atoms with Gasteiger partial charge in [0.15, 0.2) is 0 Å². The molecular weight excluding hydrogens is 198 g/mol. The maximum absolute atomic E-state index is 10.5. The highest BCUT2D eigenvalue weighted by atomic mass is 32.2. The number of hydrogen-bond acceptors (Lipinski definition) is 3. The summed E-state index contributed by atoms with van der Waals surface area (Å²) in [5, 5.41) is 11.9. The number of benzene rings is 1. The second kappa shape index (κ2) is 3.92. The molecule has 3 nitrogen and oxygen atoms in total. The normalized spacial score (nSPS) is 19.6. The molecule has 0 aromatic heterocycles. The van der Waals surface area contributed by atoms with Crippen molar-refractivity contribution < 1.29 is 9.90 Å². The highest BCUT2D eigenvalue weighted by Crippen LogP contribution is 2.33. The second-order valence-electron chi connectivity index (χ2n) is 3.25. The minimum absolute atomic E-state index is 0.0485. The summed E-state index contributed by atoms with van der Waals surface area (Å²) < 4.78 is 0. The zero-order valence-corrected chi connectivity index (χ0v) is 8.38. The van der Waals surface area contributed by atoms with Gasteiger partial charge in [-0.1, -0.05) is 12.1 Å². The van der Waals surface area contributed by atoms with E-state index >= 15 is 0 Å². The van der Waals surface area contributed by atoms with Crippen molar-refractivity contribution in [3.05, 3.63) is 24.3 Å². The molecule has 1 heterocycles. The lowest BCUT2D eigenvalue weighted by molar-refractivity contribution is -0.137. The van der Waals surface area contributed by atoms with Crippen LogP contribution in [0.3, 0.4) is 0 Å². The van der Waals surface area contributed by atoms with Gasteiger partial charge < -0.3 is 10.4 Å². The van der Waals surface area contributed by atoms with Crippen LogP contribution < -0.4 is 5.32 Å². The first kappa shape index (κ1) is 9.40. The van der Waals surface area contributed by atoms with Crippen LogP contribution in [0.4, 0.5) is 5.69 Å². The Morgan fingerprint density at radius 2 is 2.36 bits per heavy atom. The van der Waals surface area contributed by atoms with Crippen LogP contribution in [0.5, 0.6) is 0 Å². The maximum atomic E-state index is 10.5. The Labute approximate surface area is 86.5 Å². The van der Waals surface area contributed by atoms with Gasteiger partial charge in [-0.2, -0.15) is 0 Å². The standard InChI is InChI=1S/C10H11NO2S/c12-10(13)5-7-6-14-9-4-2-1-3-8(9)11-7/h1-4,7,11H,5-6H2,(H,12,13). The number of fused-ring (bicyclic) bond motifs is 1. The molecule has 1 aliphatic heterocycles. The van der Waals surface area contributed by atoms with E-state index in [1.807, 2.05) is 24.3 Å². The number of aliphatic carboxylic acids is 1. The van der Waals surface area contributed by atoms with Crippen LogP contribution in [-0.4, -0.2) is 22.9 Å². The molecular formula is C10H11NO2S. The zero-order valence-electron chi connectivity index (χ0n) is 7.56. The number of hydrogen-bond donors (Lipinski definition) is 2. The summed E-state index contributed by atoms with van der Waals surface area (Å²) in [7, 11) is 0. The summed E-state index contributed by atoms with van der Waals surface area (Å²) in [5.41, 5.74) is 1.05. The Morgan fingerprint density at radius 3 is 3.14 bits per heavy atom. The van der Waals surface area contributed by atoms with Gasteiger partial charge in [-0.15, -0.1) is 11.8 Å². The summed E-state index contributed by atoms with van der Waals surface area (Å²) in [4.78, 5) is 11.7. The van der Waals surface area contributed by atoms with E-state index < -0.39 is 5.97 Å². The van der Waals surface area contributed by atoms with Gasteiger partial charge in [0.2, 0.25) is 0 Å². The van der Waals surface area contributed by atoms with E-state index in [1.54, 1.807) is 11.8 Å². The van der Waals surface area contributed by atoms with Crippen molar-refractivity contribution >= 4 is 23.4 Å². The predicted molar refractivity (Wildman–Crippen MR) is 56.8 cm³/mol. The largest absolute Gasteiger partial charge is 0.481 e. The molecule has 0 saturated heterocycles. The fraction of sp³-hybridized carbons (Fsp3) is 0.300. The van der Waals surface area contributed by atoms with Crippen molar-refractivity contribution in [3.63, 3.8) is 0 Å². The summed E-state index contributed by atoms with van der Waals surface area (Å²) in [6.45, 7) is 0. The minimum atomic E-state index is -0.748. The third kappa shape index (κ3) is 2.01. The Balaban J connectivity index is 2.09. The summed E-state index contributed by atoms with van der Waals surface area (Å²) in [6.07, 6.45) is 0.182. The maximum Gasteiger partial charge on any atom is 0.305 e. The van der Waals surface area contributed by atoms with E-state index in [0.29, 0.717) is 0 Å². The van der Waals surface area contributed by atoms with Gasteiger partial charge in [0.05, 0.1) is 6.42 Å². The number of rotatable bonds is 2. The smallest absolute Gasteiger partial charge is 0.305 e. The second-order valence-corrected chi connectivity index (χ2v) is 4.31. The van der Waals surface area contributed by atoms with Crippen molar-refractivity contribution in [2.24, 2.45) is 0 Å². The fourth-order valence-corrected chi connectivity index (χ4v) is 2.52. The van der Waals surface area contributed by atoms with Crippen molar-refractivity contribution in [2.75, 3.05) is 11.1 Å². The number of carbonyl (C=O) groups is 1. The van der Waals surface area contributed by atoms with Gasteiger partial charge >= 0.3 is 5.97 Å². The van der Waals surface area contributed by atoms with Crippen LogP contribution in [0, 0.1) is 0 Å². The molecule has 2 N–H and O–H groups in total. The number of carboxylic acid groups (broad SMARTS) is 1.